The van der Waals surface area contributed by atoms with Crippen molar-refractivity contribution in [3.8, 4) is 5.75 Å². The van der Waals surface area contributed by atoms with E-state index in [0.717, 1.165) is 0 Å². The predicted octanol–water partition coefficient (Wildman–Crippen LogP) is 3.24. The summed E-state index contributed by atoms with van der Waals surface area (Å²) >= 11 is 0. The SMILES string of the molecule is Cc1ccc([C@H](Nc2c(Nc3cccc(C(=O)N(C)C)c3O)c(=O)c2=O)C(C)(C)F)o1. The molecule has 0 unspecified atom stereocenters. The zero-order valence-electron chi connectivity index (χ0n) is 17.9. The minimum absolute atomic E-state index is 0.0250. The van der Waals surface area contributed by atoms with E-state index in [2.05, 4.69) is 10.6 Å². The van der Waals surface area contributed by atoms with Crippen molar-refractivity contribution in [3.05, 3.63) is 67.9 Å². The zero-order valence-corrected chi connectivity index (χ0v) is 17.9. The van der Waals surface area contributed by atoms with Gasteiger partial charge < -0.3 is 25.1 Å². The molecule has 8 nitrogen and oxygen atoms in total. The Morgan fingerprint density at radius 3 is 2.32 bits per heavy atom. The van der Waals surface area contributed by atoms with E-state index in [0.29, 0.717) is 5.76 Å². The van der Waals surface area contributed by atoms with Crippen molar-refractivity contribution in [2.24, 2.45) is 0 Å². The van der Waals surface area contributed by atoms with Gasteiger partial charge in [-0.3, -0.25) is 14.4 Å². The van der Waals surface area contributed by atoms with Gasteiger partial charge in [0.25, 0.3) is 16.8 Å². The van der Waals surface area contributed by atoms with Gasteiger partial charge in [-0.05, 0) is 45.0 Å². The lowest BCUT2D eigenvalue weighted by Crippen LogP contribution is -2.40. The van der Waals surface area contributed by atoms with E-state index in [1.54, 1.807) is 19.1 Å². The van der Waals surface area contributed by atoms with Gasteiger partial charge in [0, 0.05) is 14.1 Å². The van der Waals surface area contributed by atoms with Crippen molar-refractivity contribution in [1.82, 2.24) is 4.90 Å². The van der Waals surface area contributed by atoms with Crippen LogP contribution in [0.5, 0.6) is 5.75 Å². The number of furan rings is 1. The molecule has 2 aromatic carbocycles. The zero-order chi connectivity index (χ0) is 23.1. The fourth-order valence-corrected chi connectivity index (χ4v) is 3.18. The lowest BCUT2D eigenvalue weighted by atomic mass is 9.97. The van der Waals surface area contributed by atoms with Gasteiger partial charge in [-0.25, -0.2) is 4.39 Å². The Bertz CT molecular complexity index is 1200. The maximum atomic E-state index is 14.9. The van der Waals surface area contributed by atoms with Crippen LogP contribution in [0.3, 0.4) is 0 Å². The highest BCUT2D eigenvalue weighted by Crippen LogP contribution is 2.36. The molecule has 9 heteroatoms. The summed E-state index contributed by atoms with van der Waals surface area (Å²) in [5, 5.41) is 16.0. The average Bonchev–Trinajstić information content (AvgIpc) is 3.12. The molecule has 164 valence electrons. The highest BCUT2D eigenvalue weighted by molar-refractivity contribution is 5.99. The number of benzene rings is 1. The number of rotatable bonds is 7. The monoisotopic (exact) mass is 429 g/mol. The van der Waals surface area contributed by atoms with Crippen molar-refractivity contribution in [3.63, 3.8) is 0 Å². The summed E-state index contributed by atoms with van der Waals surface area (Å²) in [7, 11) is 3.07. The largest absolute Gasteiger partial charge is 0.505 e. The fourth-order valence-electron chi connectivity index (χ4n) is 3.18. The number of aromatic hydroxyl groups is 1. The van der Waals surface area contributed by atoms with Gasteiger partial charge >= 0.3 is 0 Å². The maximum Gasteiger partial charge on any atom is 0.257 e. The number of hydrogen-bond donors (Lipinski definition) is 3. The number of amides is 1. The minimum atomic E-state index is -1.83. The van der Waals surface area contributed by atoms with Crippen LogP contribution >= 0.6 is 0 Å². The van der Waals surface area contributed by atoms with Crippen molar-refractivity contribution in [2.45, 2.75) is 32.5 Å². The predicted molar refractivity (Wildman–Crippen MR) is 116 cm³/mol. The number of carbonyl (C=O) groups is 1. The Balaban J connectivity index is 1.96. The molecule has 3 aromatic rings. The normalized spacial score (nSPS) is 12.6. The van der Waals surface area contributed by atoms with Crippen LogP contribution in [0.15, 0.2) is 44.3 Å². The first-order valence-electron chi connectivity index (χ1n) is 9.57. The molecule has 0 saturated heterocycles. The number of hydrogen-bond acceptors (Lipinski definition) is 7. The van der Waals surface area contributed by atoms with Crippen LogP contribution in [0.4, 0.5) is 21.5 Å². The fraction of sp³-hybridized carbons (Fsp3) is 0.318. The lowest BCUT2D eigenvalue weighted by Gasteiger charge is -2.28. The summed E-state index contributed by atoms with van der Waals surface area (Å²) in [5.41, 5.74) is -3.64. The molecule has 1 aromatic heterocycles. The quantitative estimate of drug-likeness (QED) is 0.390. The number of phenolic OH excluding ortho intramolecular Hbond substituents is 1. The number of para-hydroxylation sites is 1. The summed E-state index contributed by atoms with van der Waals surface area (Å²) in [5.74, 6) is 0.0354. The molecule has 0 bridgehead atoms. The number of aryl methyl sites for hydroxylation is 1. The molecule has 0 aliphatic rings. The molecule has 0 spiro atoms. The van der Waals surface area contributed by atoms with Crippen molar-refractivity contribution < 1.29 is 18.7 Å². The standard InChI is InChI=1S/C22H24FN3O5/c1-11-9-10-14(31-11)20(22(2,3)23)25-16-15(18(28)19(16)29)24-13-8-6-7-12(17(13)27)21(30)26(4)5/h6-10,20,24-25,27H,1-5H3/t20-/m0/s1. The first kappa shape index (κ1) is 22.1. The second-order valence-corrected chi connectivity index (χ2v) is 8.02. The van der Waals surface area contributed by atoms with Crippen LogP contribution in [-0.2, 0) is 0 Å². The van der Waals surface area contributed by atoms with E-state index in [1.807, 2.05) is 0 Å². The number of halogens is 1. The summed E-state index contributed by atoms with van der Waals surface area (Å²) in [6.45, 7) is 4.35. The number of carbonyl (C=O) groups excluding carboxylic acids is 1. The average molecular weight is 429 g/mol. The van der Waals surface area contributed by atoms with Gasteiger partial charge in [0.2, 0.25) is 0 Å². The molecule has 3 rings (SSSR count). The second kappa shape index (κ2) is 7.90. The van der Waals surface area contributed by atoms with Crippen LogP contribution in [0.25, 0.3) is 0 Å². The van der Waals surface area contributed by atoms with Crippen LogP contribution in [0.2, 0.25) is 0 Å². The van der Waals surface area contributed by atoms with E-state index in [-0.39, 0.29) is 34.1 Å². The Kier molecular flexibility index (Phi) is 5.62. The Hall–Kier alpha value is -3.62. The third-order valence-corrected chi connectivity index (χ3v) is 4.86. The Labute approximate surface area is 178 Å². The smallest absolute Gasteiger partial charge is 0.257 e. The molecule has 0 aliphatic carbocycles. The van der Waals surface area contributed by atoms with E-state index in [4.69, 9.17) is 4.42 Å². The lowest BCUT2D eigenvalue weighted by molar-refractivity contribution is 0.0824. The van der Waals surface area contributed by atoms with Crippen LogP contribution in [-0.4, -0.2) is 35.7 Å². The van der Waals surface area contributed by atoms with Crippen molar-refractivity contribution >= 4 is 23.0 Å². The molecule has 3 N–H and O–H groups in total. The third kappa shape index (κ3) is 4.16. The van der Waals surface area contributed by atoms with Crippen LogP contribution in [0.1, 0.15) is 41.8 Å². The van der Waals surface area contributed by atoms with E-state index >= 15 is 0 Å². The van der Waals surface area contributed by atoms with E-state index in [9.17, 15) is 23.9 Å². The molecular weight excluding hydrogens is 405 g/mol. The molecule has 1 amide bonds. The van der Waals surface area contributed by atoms with Gasteiger partial charge in [-0.15, -0.1) is 0 Å². The summed E-state index contributed by atoms with van der Waals surface area (Å²) in [6.07, 6.45) is 0. The van der Waals surface area contributed by atoms with Gasteiger partial charge in [0.05, 0.1) is 11.3 Å². The first-order valence-corrected chi connectivity index (χ1v) is 9.57. The van der Waals surface area contributed by atoms with Crippen molar-refractivity contribution in [2.75, 3.05) is 24.7 Å². The highest BCUT2D eigenvalue weighted by atomic mass is 19.1. The van der Waals surface area contributed by atoms with Crippen molar-refractivity contribution in [1.29, 1.82) is 0 Å². The van der Waals surface area contributed by atoms with Gasteiger partial charge in [0.1, 0.15) is 34.6 Å². The number of nitrogens with zero attached hydrogens (tertiary/aromatic N) is 1. The third-order valence-electron chi connectivity index (χ3n) is 4.86. The van der Waals surface area contributed by atoms with Crippen LogP contribution in [0, 0.1) is 6.92 Å². The topological polar surface area (TPSA) is 112 Å². The Morgan fingerprint density at radius 1 is 1.13 bits per heavy atom. The van der Waals surface area contributed by atoms with Gasteiger partial charge in [-0.2, -0.15) is 0 Å². The number of phenols is 1. The molecule has 0 aliphatic heterocycles. The second-order valence-electron chi connectivity index (χ2n) is 8.02. The highest BCUT2D eigenvalue weighted by Gasteiger charge is 2.36. The van der Waals surface area contributed by atoms with E-state index in [1.165, 1.54) is 51.0 Å². The minimum Gasteiger partial charge on any atom is -0.505 e. The molecule has 0 saturated carbocycles. The number of anilines is 3. The molecule has 0 radical (unpaired) electrons. The molecular formula is C22H24FN3O5. The van der Waals surface area contributed by atoms with Gasteiger partial charge in [0.15, 0.2) is 5.75 Å². The molecule has 0 fully saturated rings. The number of alkyl halides is 1. The Morgan fingerprint density at radius 2 is 1.77 bits per heavy atom. The summed E-state index contributed by atoms with van der Waals surface area (Å²) < 4.78 is 20.4. The maximum absolute atomic E-state index is 14.9. The number of nitrogens with one attached hydrogen (secondary N) is 2. The molecule has 1 atom stereocenters. The van der Waals surface area contributed by atoms with Crippen LogP contribution < -0.4 is 21.5 Å². The molecule has 31 heavy (non-hydrogen) atoms. The van der Waals surface area contributed by atoms with Gasteiger partial charge in [-0.1, -0.05) is 6.07 Å². The summed E-state index contributed by atoms with van der Waals surface area (Å²) in [6, 6.07) is 6.63. The molecule has 1 heterocycles. The summed E-state index contributed by atoms with van der Waals surface area (Å²) in [4.78, 5) is 37.9. The van der Waals surface area contributed by atoms with E-state index < -0.39 is 28.5 Å². The first-order chi connectivity index (χ1) is 14.4.